The second kappa shape index (κ2) is 8.17. The minimum atomic E-state index is -4.04. The summed E-state index contributed by atoms with van der Waals surface area (Å²) in [6, 6.07) is 13.6. The van der Waals surface area contributed by atoms with Gasteiger partial charge in [-0.2, -0.15) is 0 Å². The number of nitrogens with zero attached hydrogens (tertiary/aromatic N) is 5. The first-order valence-corrected chi connectivity index (χ1v) is 11.7. The number of carbonyl (C=O) groups excluding carboxylic acids is 1. The van der Waals surface area contributed by atoms with Crippen molar-refractivity contribution in [1.29, 1.82) is 0 Å². The molecule has 5 rings (SSSR count). The first-order valence-electron chi connectivity index (χ1n) is 10.2. The molecule has 2 heterocycles. The fourth-order valence-corrected chi connectivity index (χ4v) is 5.08. The first kappa shape index (κ1) is 20.9. The van der Waals surface area contributed by atoms with Crippen LogP contribution in [0.3, 0.4) is 0 Å². The summed E-state index contributed by atoms with van der Waals surface area (Å²) in [6.45, 7) is 0. The van der Waals surface area contributed by atoms with Crippen LogP contribution < -0.4 is 4.72 Å². The molecule has 0 saturated heterocycles. The van der Waals surface area contributed by atoms with Gasteiger partial charge in [0, 0.05) is 12.4 Å². The number of hydrogen-bond donors (Lipinski definition) is 1. The lowest BCUT2D eigenvalue weighted by atomic mass is 10.1. The van der Waals surface area contributed by atoms with Crippen molar-refractivity contribution in [2.75, 3.05) is 11.8 Å². The third-order valence-corrected chi connectivity index (χ3v) is 6.88. The molecular weight excluding hydrogens is 444 g/mol. The van der Waals surface area contributed by atoms with E-state index in [1.807, 2.05) is 24.5 Å². The maximum atomic E-state index is 13.6. The molecule has 10 nitrogen and oxygen atoms in total. The molecule has 0 unspecified atom stereocenters. The number of sulfonamides is 1. The Labute approximate surface area is 189 Å². The van der Waals surface area contributed by atoms with Crippen molar-refractivity contribution in [3.63, 3.8) is 0 Å². The highest BCUT2D eigenvalue weighted by Crippen LogP contribution is 2.43. The van der Waals surface area contributed by atoms with E-state index in [2.05, 4.69) is 20.2 Å². The molecule has 168 valence electrons. The van der Waals surface area contributed by atoms with E-state index in [1.54, 1.807) is 34.9 Å². The molecule has 1 saturated carbocycles. The summed E-state index contributed by atoms with van der Waals surface area (Å²) in [5, 5.41) is 11.2. The number of carbonyl (C=O) groups is 1. The number of anilines is 1. The summed E-state index contributed by atoms with van der Waals surface area (Å²) in [5.74, 6) is -0.442. The van der Waals surface area contributed by atoms with E-state index < -0.39 is 16.0 Å². The van der Waals surface area contributed by atoms with Crippen LogP contribution in [0.4, 0.5) is 5.69 Å². The molecule has 1 aliphatic rings. The average molecular weight is 465 g/mol. The van der Waals surface area contributed by atoms with E-state index in [0.29, 0.717) is 22.6 Å². The monoisotopic (exact) mass is 464 g/mol. The highest BCUT2D eigenvalue weighted by Gasteiger charge is 2.32. The van der Waals surface area contributed by atoms with E-state index in [-0.39, 0.29) is 16.4 Å². The smallest absolute Gasteiger partial charge is 0.337 e. The number of nitrogens with one attached hydrogen (secondary N) is 1. The quantitative estimate of drug-likeness (QED) is 0.417. The summed E-state index contributed by atoms with van der Waals surface area (Å²) in [7, 11) is -2.78. The zero-order valence-electron chi connectivity index (χ0n) is 17.6. The second-order valence-electron chi connectivity index (χ2n) is 7.67. The summed E-state index contributed by atoms with van der Waals surface area (Å²) >= 11 is 0. The Kier molecular flexibility index (Phi) is 5.17. The second-order valence-corrected chi connectivity index (χ2v) is 9.32. The predicted molar refractivity (Wildman–Crippen MR) is 119 cm³/mol. The zero-order chi connectivity index (χ0) is 23.0. The Morgan fingerprint density at radius 3 is 2.58 bits per heavy atom. The lowest BCUT2D eigenvalue weighted by Gasteiger charge is -2.17. The van der Waals surface area contributed by atoms with Crippen LogP contribution >= 0.6 is 0 Å². The van der Waals surface area contributed by atoms with Crippen molar-refractivity contribution < 1.29 is 17.9 Å². The molecule has 11 heteroatoms. The number of ether oxygens (including phenoxy) is 1. The zero-order valence-corrected chi connectivity index (χ0v) is 18.4. The topological polar surface area (TPSA) is 121 Å². The van der Waals surface area contributed by atoms with Gasteiger partial charge in [-0.25, -0.2) is 17.9 Å². The van der Waals surface area contributed by atoms with E-state index >= 15 is 0 Å². The molecule has 0 atom stereocenters. The maximum Gasteiger partial charge on any atom is 0.337 e. The van der Waals surface area contributed by atoms with Gasteiger partial charge in [0.25, 0.3) is 10.0 Å². The third-order valence-electron chi connectivity index (χ3n) is 5.46. The fourth-order valence-electron chi connectivity index (χ4n) is 3.69. The lowest BCUT2D eigenvalue weighted by Crippen LogP contribution is -2.17. The normalized spacial score (nSPS) is 13.6. The molecule has 0 bridgehead atoms. The molecule has 2 aromatic heterocycles. The number of hydrogen-bond acceptors (Lipinski definition) is 7. The SMILES string of the molecule is COC(=O)c1ccc(C2CC2)c(S(=O)(=O)Nc2cc(-n3cnnn3)ccc2-n2cccc2)c1. The van der Waals surface area contributed by atoms with Crippen LogP contribution in [0.5, 0.6) is 0 Å². The minimum absolute atomic E-state index is 0.0687. The number of esters is 1. The van der Waals surface area contributed by atoms with Crippen LogP contribution in [0.2, 0.25) is 0 Å². The largest absolute Gasteiger partial charge is 0.465 e. The van der Waals surface area contributed by atoms with E-state index in [0.717, 1.165) is 12.8 Å². The van der Waals surface area contributed by atoms with Gasteiger partial charge in [-0.1, -0.05) is 6.07 Å². The molecule has 4 aromatic rings. The molecule has 33 heavy (non-hydrogen) atoms. The Morgan fingerprint density at radius 2 is 1.91 bits per heavy atom. The van der Waals surface area contributed by atoms with Crippen molar-refractivity contribution in [2.24, 2.45) is 0 Å². The van der Waals surface area contributed by atoms with Gasteiger partial charge in [0.15, 0.2) is 0 Å². The molecule has 1 aliphatic carbocycles. The van der Waals surface area contributed by atoms with Gasteiger partial charge < -0.3 is 9.30 Å². The van der Waals surface area contributed by atoms with E-state index in [1.165, 1.54) is 24.2 Å². The van der Waals surface area contributed by atoms with Crippen LogP contribution in [0.25, 0.3) is 11.4 Å². The highest BCUT2D eigenvalue weighted by molar-refractivity contribution is 7.92. The van der Waals surface area contributed by atoms with Crippen molar-refractivity contribution in [3.8, 4) is 11.4 Å². The molecule has 0 aliphatic heterocycles. The number of methoxy groups -OCH3 is 1. The maximum absolute atomic E-state index is 13.6. The fraction of sp³-hybridized carbons (Fsp3) is 0.182. The molecule has 1 N–H and O–H groups in total. The van der Waals surface area contributed by atoms with Gasteiger partial charge in [0.05, 0.1) is 34.6 Å². The lowest BCUT2D eigenvalue weighted by molar-refractivity contribution is 0.0600. The third kappa shape index (κ3) is 4.10. The molecule has 2 aromatic carbocycles. The molecule has 0 spiro atoms. The minimum Gasteiger partial charge on any atom is -0.465 e. The number of benzene rings is 2. The van der Waals surface area contributed by atoms with Gasteiger partial charge in [0.2, 0.25) is 0 Å². The molecule has 0 amide bonds. The predicted octanol–water partition coefficient (Wildman–Crippen LogP) is 2.92. The number of tetrazole rings is 1. The standard InChI is InChI=1S/C22H20N6O4S/c1-32-22(29)16-6-8-18(15-4-5-15)21(12-16)33(30,31)24-19-13-17(28-14-23-25-26-28)7-9-20(19)27-10-2-3-11-27/h2-3,6-15,24H,4-5H2,1H3. The van der Waals surface area contributed by atoms with Crippen LogP contribution in [0.1, 0.15) is 34.7 Å². The van der Waals surface area contributed by atoms with Gasteiger partial charge in [-0.05, 0) is 77.2 Å². The van der Waals surface area contributed by atoms with Crippen molar-refractivity contribution in [3.05, 3.63) is 78.4 Å². The van der Waals surface area contributed by atoms with E-state index in [9.17, 15) is 13.2 Å². The van der Waals surface area contributed by atoms with Crippen LogP contribution in [0, 0.1) is 0 Å². The summed E-state index contributed by atoms with van der Waals surface area (Å²) in [5.41, 5.74) is 2.41. The number of aromatic nitrogens is 5. The molecule has 0 radical (unpaired) electrons. The molecule has 1 fully saturated rings. The van der Waals surface area contributed by atoms with Gasteiger partial charge in [-0.15, -0.1) is 5.10 Å². The van der Waals surface area contributed by atoms with Crippen molar-refractivity contribution in [1.82, 2.24) is 24.8 Å². The van der Waals surface area contributed by atoms with Gasteiger partial charge in [-0.3, -0.25) is 4.72 Å². The Hall–Kier alpha value is -3.99. The highest BCUT2D eigenvalue weighted by atomic mass is 32.2. The van der Waals surface area contributed by atoms with Crippen molar-refractivity contribution >= 4 is 21.7 Å². The first-order chi connectivity index (χ1) is 16.0. The Balaban J connectivity index is 1.61. The van der Waals surface area contributed by atoms with Crippen molar-refractivity contribution in [2.45, 2.75) is 23.7 Å². The van der Waals surface area contributed by atoms with E-state index in [4.69, 9.17) is 4.74 Å². The van der Waals surface area contributed by atoms with Crippen LogP contribution in [0.15, 0.2) is 72.1 Å². The van der Waals surface area contributed by atoms with Crippen LogP contribution in [-0.2, 0) is 14.8 Å². The Morgan fingerprint density at radius 1 is 1.12 bits per heavy atom. The average Bonchev–Trinajstić information content (AvgIpc) is 3.26. The summed E-state index contributed by atoms with van der Waals surface area (Å²) in [6.07, 6.45) is 6.87. The van der Waals surface area contributed by atoms with Gasteiger partial charge >= 0.3 is 5.97 Å². The summed E-state index contributed by atoms with van der Waals surface area (Å²) in [4.78, 5) is 12.1. The Bertz CT molecular complexity index is 1410. The summed E-state index contributed by atoms with van der Waals surface area (Å²) < 4.78 is 38.0. The number of rotatable bonds is 7. The molecular formula is C22H20N6O4S. The van der Waals surface area contributed by atoms with Crippen LogP contribution in [-0.4, -0.2) is 46.3 Å². The van der Waals surface area contributed by atoms with Gasteiger partial charge in [0.1, 0.15) is 6.33 Å².